The lowest BCUT2D eigenvalue weighted by Crippen LogP contribution is -3.14. The van der Waals surface area contributed by atoms with E-state index in [0.29, 0.717) is 0 Å². The summed E-state index contributed by atoms with van der Waals surface area (Å²) >= 11 is 0. The number of benzene rings is 1. The van der Waals surface area contributed by atoms with Crippen molar-refractivity contribution >= 4 is 0 Å². The van der Waals surface area contributed by atoms with E-state index in [1.165, 1.54) is 50.0 Å². The second kappa shape index (κ2) is 9.06. The SMILES string of the molecule is Cc1cc(C)cc(OCCCCCC[NH+]2CCOCC2)c1. The highest BCUT2D eigenvalue weighted by Gasteiger charge is 2.12. The molecule has 0 radical (unpaired) electrons. The summed E-state index contributed by atoms with van der Waals surface area (Å²) in [7, 11) is 0. The first-order valence-electron chi connectivity index (χ1n) is 8.36. The van der Waals surface area contributed by atoms with Crippen molar-refractivity contribution in [3.05, 3.63) is 29.3 Å². The Morgan fingerprint density at radius 2 is 1.62 bits per heavy atom. The average Bonchev–Trinajstić information content (AvgIpc) is 2.46. The average molecular weight is 292 g/mol. The van der Waals surface area contributed by atoms with E-state index in [9.17, 15) is 0 Å². The van der Waals surface area contributed by atoms with Gasteiger partial charge in [-0.05, 0) is 62.8 Å². The standard InChI is InChI=1S/C18H29NO2/c1-16-13-17(2)15-18(14-16)21-10-6-4-3-5-7-19-8-11-20-12-9-19/h13-15H,3-12H2,1-2H3/p+1. The quantitative estimate of drug-likeness (QED) is 0.742. The third-order valence-corrected chi connectivity index (χ3v) is 4.09. The highest BCUT2D eigenvalue weighted by Crippen LogP contribution is 2.16. The molecule has 1 heterocycles. The van der Waals surface area contributed by atoms with Crippen LogP contribution in [0.5, 0.6) is 5.75 Å². The number of unbranched alkanes of at least 4 members (excludes halogenated alkanes) is 3. The summed E-state index contributed by atoms with van der Waals surface area (Å²) in [6.45, 7) is 10.7. The maximum Gasteiger partial charge on any atom is 0.119 e. The Morgan fingerprint density at radius 1 is 0.952 bits per heavy atom. The molecule has 0 spiro atoms. The summed E-state index contributed by atoms with van der Waals surface area (Å²) in [5, 5.41) is 0. The van der Waals surface area contributed by atoms with E-state index in [1.54, 1.807) is 4.90 Å². The highest BCUT2D eigenvalue weighted by molar-refractivity contribution is 5.32. The molecule has 0 aromatic heterocycles. The van der Waals surface area contributed by atoms with Crippen molar-refractivity contribution in [1.29, 1.82) is 0 Å². The Labute approximate surface area is 129 Å². The summed E-state index contributed by atoms with van der Waals surface area (Å²) < 4.78 is 11.2. The van der Waals surface area contributed by atoms with Crippen LogP contribution in [0.25, 0.3) is 0 Å². The first-order valence-corrected chi connectivity index (χ1v) is 8.36. The Hall–Kier alpha value is -1.06. The van der Waals surface area contributed by atoms with E-state index in [-0.39, 0.29) is 0 Å². The van der Waals surface area contributed by atoms with Gasteiger partial charge in [-0.3, -0.25) is 0 Å². The van der Waals surface area contributed by atoms with E-state index < -0.39 is 0 Å². The second-order valence-corrected chi connectivity index (χ2v) is 6.20. The summed E-state index contributed by atoms with van der Waals surface area (Å²) in [6, 6.07) is 6.42. The van der Waals surface area contributed by atoms with Gasteiger partial charge < -0.3 is 14.4 Å². The lowest BCUT2D eigenvalue weighted by molar-refractivity contribution is -0.908. The molecule has 0 amide bonds. The van der Waals surface area contributed by atoms with Gasteiger partial charge in [-0.1, -0.05) is 6.07 Å². The van der Waals surface area contributed by atoms with E-state index in [4.69, 9.17) is 9.47 Å². The van der Waals surface area contributed by atoms with Crippen LogP contribution >= 0.6 is 0 Å². The maximum absolute atomic E-state index is 5.84. The van der Waals surface area contributed by atoms with Crippen LogP contribution in [0.4, 0.5) is 0 Å². The van der Waals surface area contributed by atoms with Gasteiger partial charge in [0, 0.05) is 0 Å². The van der Waals surface area contributed by atoms with Crippen LogP contribution in [-0.2, 0) is 4.74 Å². The molecule has 3 nitrogen and oxygen atoms in total. The molecule has 1 aliphatic heterocycles. The topological polar surface area (TPSA) is 22.9 Å². The van der Waals surface area contributed by atoms with Crippen molar-refractivity contribution in [3.63, 3.8) is 0 Å². The Morgan fingerprint density at radius 3 is 2.33 bits per heavy atom. The van der Waals surface area contributed by atoms with Crippen LogP contribution in [-0.4, -0.2) is 39.5 Å². The van der Waals surface area contributed by atoms with Crippen molar-refractivity contribution in [2.75, 3.05) is 39.5 Å². The smallest absolute Gasteiger partial charge is 0.119 e. The number of morpholine rings is 1. The van der Waals surface area contributed by atoms with Gasteiger partial charge in [0.15, 0.2) is 0 Å². The van der Waals surface area contributed by atoms with E-state index in [2.05, 4.69) is 32.0 Å². The van der Waals surface area contributed by atoms with Crippen molar-refractivity contribution < 1.29 is 14.4 Å². The van der Waals surface area contributed by atoms with Crippen LogP contribution in [0, 0.1) is 13.8 Å². The zero-order valence-corrected chi connectivity index (χ0v) is 13.6. The van der Waals surface area contributed by atoms with Gasteiger partial charge in [0.25, 0.3) is 0 Å². The molecule has 3 heteroatoms. The minimum Gasteiger partial charge on any atom is -0.494 e. The Balaban J connectivity index is 1.49. The molecule has 118 valence electrons. The lowest BCUT2D eigenvalue weighted by atomic mass is 10.1. The minimum absolute atomic E-state index is 0.841. The van der Waals surface area contributed by atoms with Crippen LogP contribution < -0.4 is 9.64 Å². The van der Waals surface area contributed by atoms with Crippen molar-refractivity contribution in [2.45, 2.75) is 39.5 Å². The molecule has 2 rings (SSSR count). The number of hydrogen-bond donors (Lipinski definition) is 1. The largest absolute Gasteiger partial charge is 0.494 e. The predicted molar refractivity (Wildman–Crippen MR) is 86.3 cm³/mol. The molecule has 0 unspecified atom stereocenters. The first kappa shape index (κ1) is 16.3. The van der Waals surface area contributed by atoms with Crippen LogP contribution in [0.1, 0.15) is 36.8 Å². The van der Waals surface area contributed by atoms with Gasteiger partial charge in [-0.25, -0.2) is 0 Å². The third-order valence-electron chi connectivity index (χ3n) is 4.09. The van der Waals surface area contributed by atoms with Gasteiger partial charge in [0.05, 0.1) is 26.4 Å². The third kappa shape index (κ3) is 6.49. The predicted octanol–water partition coefficient (Wildman–Crippen LogP) is 2.16. The summed E-state index contributed by atoms with van der Waals surface area (Å²) in [6.07, 6.45) is 5.08. The fourth-order valence-corrected chi connectivity index (χ4v) is 2.95. The van der Waals surface area contributed by atoms with Gasteiger partial charge in [-0.2, -0.15) is 0 Å². The number of quaternary nitrogens is 1. The zero-order valence-electron chi connectivity index (χ0n) is 13.6. The minimum atomic E-state index is 0.841. The molecule has 0 bridgehead atoms. The second-order valence-electron chi connectivity index (χ2n) is 6.20. The molecule has 0 atom stereocenters. The highest BCUT2D eigenvalue weighted by atomic mass is 16.5. The molecule has 1 N–H and O–H groups in total. The molecular formula is C18H30NO2+. The number of nitrogens with one attached hydrogen (secondary N) is 1. The van der Waals surface area contributed by atoms with E-state index >= 15 is 0 Å². The monoisotopic (exact) mass is 292 g/mol. The number of aryl methyl sites for hydroxylation is 2. The summed E-state index contributed by atoms with van der Waals surface area (Å²) in [4.78, 5) is 1.72. The molecule has 1 aliphatic rings. The lowest BCUT2D eigenvalue weighted by Gasteiger charge is -2.23. The van der Waals surface area contributed by atoms with Crippen LogP contribution in [0.2, 0.25) is 0 Å². The molecule has 0 saturated carbocycles. The molecule has 21 heavy (non-hydrogen) atoms. The molecule has 1 aromatic rings. The first-order chi connectivity index (χ1) is 10.2. The fraction of sp³-hybridized carbons (Fsp3) is 0.667. The van der Waals surface area contributed by atoms with Gasteiger partial charge in [0.2, 0.25) is 0 Å². The summed E-state index contributed by atoms with van der Waals surface area (Å²) in [5.41, 5.74) is 2.55. The molecule has 0 aliphatic carbocycles. The van der Waals surface area contributed by atoms with Crippen molar-refractivity contribution in [1.82, 2.24) is 0 Å². The fourth-order valence-electron chi connectivity index (χ4n) is 2.95. The number of hydrogen-bond acceptors (Lipinski definition) is 2. The Kier molecular flexibility index (Phi) is 7.04. The maximum atomic E-state index is 5.84. The van der Waals surface area contributed by atoms with Crippen molar-refractivity contribution in [3.8, 4) is 5.75 Å². The normalized spacial score (nSPS) is 16.1. The van der Waals surface area contributed by atoms with E-state index in [1.807, 2.05) is 0 Å². The van der Waals surface area contributed by atoms with Crippen LogP contribution in [0.15, 0.2) is 18.2 Å². The molecular weight excluding hydrogens is 262 g/mol. The van der Waals surface area contributed by atoms with E-state index in [0.717, 1.165) is 32.0 Å². The number of rotatable bonds is 8. The molecule has 1 fully saturated rings. The van der Waals surface area contributed by atoms with Gasteiger partial charge >= 0.3 is 0 Å². The molecule has 1 aromatic carbocycles. The van der Waals surface area contributed by atoms with Crippen molar-refractivity contribution in [2.24, 2.45) is 0 Å². The Bertz CT molecular complexity index is 393. The number of ether oxygens (including phenoxy) is 2. The van der Waals surface area contributed by atoms with Gasteiger partial charge in [0.1, 0.15) is 18.8 Å². The van der Waals surface area contributed by atoms with Gasteiger partial charge in [-0.15, -0.1) is 0 Å². The summed E-state index contributed by atoms with van der Waals surface area (Å²) in [5.74, 6) is 1.02. The molecule has 1 saturated heterocycles. The van der Waals surface area contributed by atoms with Crippen LogP contribution in [0.3, 0.4) is 0 Å². The zero-order chi connectivity index (χ0) is 14.9.